The second-order valence-corrected chi connectivity index (χ2v) is 9.19. The molecule has 1 heterocycles. The van der Waals surface area contributed by atoms with Crippen LogP contribution in [0.2, 0.25) is 0 Å². The number of phenolic OH excluding ortho intramolecular Hbond substituents is 1. The zero-order valence-electron chi connectivity index (χ0n) is 16.4. The van der Waals surface area contributed by atoms with Crippen LogP contribution in [0.5, 0.6) is 11.6 Å². The molecule has 6 rings (SSSR count). The highest BCUT2D eigenvalue weighted by molar-refractivity contribution is 5.71. The van der Waals surface area contributed by atoms with Crippen LogP contribution in [0.25, 0.3) is 12.2 Å². The summed E-state index contributed by atoms with van der Waals surface area (Å²) >= 11 is 0. The molecule has 0 radical (unpaired) electrons. The van der Waals surface area contributed by atoms with Crippen LogP contribution in [0.15, 0.2) is 23.0 Å². The maximum absolute atomic E-state index is 11.8. The smallest absolute Gasteiger partial charge is 0.395 e. The van der Waals surface area contributed by atoms with Gasteiger partial charge in [-0.3, -0.25) is 14.9 Å². The highest BCUT2D eigenvalue weighted by atomic mass is 16.6. The predicted octanol–water partition coefficient (Wildman–Crippen LogP) is 3.73. The minimum Gasteiger partial charge on any atom is -0.507 e. The van der Waals surface area contributed by atoms with Crippen LogP contribution < -0.4 is 5.56 Å². The van der Waals surface area contributed by atoms with Crippen molar-refractivity contribution in [3.8, 4) is 11.6 Å². The largest absolute Gasteiger partial charge is 0.507 e. The lowest BCUT2D eigenvalue weighted by Gasteiger charge is -2.57. The number of benzene rings is 1. The second-order valence-electron chi connectivity index (χ2n) is 9.19. The minimum absolute atomic E-state index is 0.0253. The molecule has 4 aliphatic carbocycles. The van der Waals surface area contributed by atoms with Crippen LogP contribution in [-0.4, -0.2) is 25.1 Å². The van der Waals surface area contributed by atoms with E-state index in [9.17, 15) is 25.1 Å². The Hall–Kier alpha value is -3.16. The molecule has 1 aromatic heterocycles. The Bertz CT molecular complexity index is 1080. The highest BCUT2D eigenvalue weighted by Crippen LogP contribution is 2.60. The molecule has 1 aromatic carbocycles. The summed E-state index contributed by atoms with van der Waals surface area (Å²) in [5.41, 5.74) is -0.00301. The van der Waals surface area contributed by atoms with Crippen molar-refractivity contribution in [2.75, 3.05) is 0 Å². The number of nitrogens with zero attached hydrogens (tertiary/aromatic N) is 2. The molecule has 0 atom stereocenters. The zero-order valence-corrected chi connectivity index (χ0v) is 16.4. The van der Waals surface area contributed by atoms with Gasteiger partial charge in [-0.15, -0.1) is 0 Å². The van der Waals surface area contributed by atoms with Gasteiger partial charge in [-0.1, -0.05) is 6.07 Å². The fourth-order valence-corrected chi connectivity index (χ4v) is 6.37. The van der Waals surface area contributed by atoms with Crippen LogP contribution in [0.3, 0.4) is 0 Å². The maximum Gasteiger partial charge on any atom is 0.395 e. The van der Waals surface area contributed by atoms with E-state index < -0.39 is 22.0 Å². The first-order chi connectivity index (χ1) is 14.3. The van der Waals surface area contributed by atoms with Crippen LogP contribution >= 0.6 is 0 Å². The third kappa shape index (κ3) is 3.07. The fraction of sp³-hybridized carbons (Fsp3) is 0.455. The predicted molar refractivity (Wildman–Crippen MR) is 110 cm³/mol. The third-order valence-corrected chi connectivity index (χ3v) is 7.18. The van der Waals surface area contributed by atoms with E-state index in [1.54, 1.807) is 12.1 Å². The second kappa shape index (κ2) is 6.68. The Morgan fingerprint density at radius 3 is 2.30 bits per heavy atom. The van der Waals surface area contributed by atoms with Crippen LogP contribution in [-0.2, 0) is 5.41 Å². The Morgan fingerprint density at radius 2 is 1.73 bits per heavy atom. The summed E-state index contributed by atoms with van der Waals surface area (Å²) in [5.74, 6) is 1.56. The van der Waals surface area contributed by atoms with E-state index in [1.165, 1.54) is 50.2 Å². The molecule has 3 N–H and O–H groups in total. The van der Waals surface area contributed by atoms with Crippen molar-refractivity contribution in [3.63, 3.8) is 0 Å². The van der Waals surface area contributed by atoms with Crippen molar-refractivity contribution in [1.29, 1.82) is 0 Å². The van der Waals surface area contributed by atoms with E-state index in [0.717, 1.165) is 17.8 Å². The van der Waals surface area contributed by atoms with Crippen molar-refractivity contribution in [1.82, 2.24) is 9.97 Å². The number of aromatic amines is 1. The van der Waals surface area contributed by atoms with E-state index in [-0.39, 0.29) is 17.0 Å². The molecule has 0 unspecified atom stereocenters. The molecule has 4 aliphatic rings. The number of rotatable bonds is 4. The molecule has 0 amide bonds. The van der Waals surface area contributed by atoms with Gasteiger partial charge in [0.25, 0.3) is 5.88 Å². The monoisotopic (exact) mass is 409 g/mol. The summed E-state index contributed by atoms with van der Waals surface area (Å²) in [6, 6.07) is 5.73. The van der Waals surface area contributed by atoms with Gasteiger partial charge in [0.2, 0.25) is 0 Å². The van der Waals surface area contributed by atoms with Gasteiger partial charge in [-0.05, 0) is 91.5 Å². The summed E-state index contributed by atoms with van der Waals surface area (Å²) in [5, 5.41) is 30.8. The molecule has 0 spiro atoms. The van der Waals surface area contributed by atoms with Crippen LogP contribution in [0.1, 0.15) is 55.5 Å². The topological polar surface area (TPSA) is 129 Å². The van der Waals surface area contributed by atoms with Gasteiger partial charge in [0.05, 0.1) is 4.92 Å². The van der Waals surface area contributed by atoms with Gasteiger partial charge in [-0.25, -0.2) is 0 Å². The summed E-state index contributed by atoms with van der Waals surface area (Å²) in [6.45, 7) is 0. The first kappa shape index (κ1) is 18.8. The van der Waals surface area contributed by atoms with Crippen molar-refractivity contribution in [2.24, 2.45) is 17.8 Å². The average molecular weight is 409 g/mol. The summed E-state index contributed by atoms with van der Waals surface area (Å²) < 4.78 is 0. The van der Waals surface area contributed by atoms with Gasteiger partial charge in [0.15, 0.2) is 0 Å². The summed E-state index contributed by atoms with van der Waals surface area (Å²) in [7, 11) is 0. The SMILES string of the molecule is O=c1[nH]c(/C=C/c2cc(C34CC5CC(CC(C5)C3)C4)ccc2O)nc(O)c1[N+](=O)[O-]. The van der Waals surface area contributed by atoms with Gasteiger partial charge < -0.3 is 15.2 Å². The van der Waals surface area contributed by atoms with Crippen molar-refractivity contribution < 1.29 is 15.1 Å². The van der Waals surface area contributed by atoms with Gasteiger partial charge in [-0.2, -0.15) is 4.98 Å². The fourth-order valence-electron chi connectivity index (χ4n) is 6.37. The molecule has 8 nitrogen and oxygen atoms in total. The molecule has 30 heavy (non-hydrogen) atoms. The number of nitrogens with one attached hydrogen (secondary N) is 1. The normalized spacial score (nSPS) is 29.5. The molecular formula is C22H23N3O5. The third-order valence-electron chi connectivity index (χ3n) is 7.18. The van der Waals surface area contributed by atoms with Crippen molar-refractivity contribution in [2.45, 2.75) is 43.9 Å². The molecule has 2 aromatic rings. The quantitative estimate of drug-likeness (QED) is 0.521. The standard InChI is InChI=1S/C22H23N3O5/c26-17-3-2-16(22-9-12-5-13(10-22)7-14(6-12)11-22)8-15(17)1-4-18-23-20(27)19(25(29)30)21(28)24-18/h1-4,8,12-14,26H,5-7,9-11H2,(H2,23,24,27,28)/b4-1+. The van der Waals surface area contributed by atoms with E-state index >= 15 is 0 Å². The molecule has 0 aliphatic heterocycles. The van der Waals surface area contributed by atoms with E-state index in [0.29, 0.717) is 5.56 Å². The number of H-pyrrole nitrogens is 1. The van der Waals surface area contributed by atoms with Crippen LogP contribution in [0.4, 0.5) is 5.69 Å². The maximum atomic E-state index is 11.8. The molecule has 156 valence electrons. The van der Waals surface area contributed by atoms with Crippen LogP contribution in [0, 0.1) is 27.9 Å². The number of aromatic nitrogens is 2. The molecule has 4 bridgehead atoms. The number of hydrogen-bond donors (Lipinski definition) is 3. The Balaban J connectivity index is 1.47. The molecule has 0 saturated heterocycles. The molecule has 4 fully saturated rings. The van der Waals surface area contributed by atoms with Gasteiger partial charge in [0, 0.05) is 5.56 Å². The Kier molecular flexibility index (Phi) is 4.20. The first-order valence-electron chi connectivity index (χ1n) is 10.3. The van der Waals surface area contributed by atoms with Crippen molar-refractivity contribution in [3.05, 3.63) is 55.6 Å². The number of nitro groups is 1. The van der Waals surface area contributed by atoms with E-state index in [2.05, 4.69) is 9.97 Å². The lowest BCUT2D eigenvalue weighted by molar-refractivity contribution is -0.387. The molecule has 4 saturated carbocycles. The zero-order chi connectivity index (χ0) is 21.0. The summed E-state index contributed by atoms with van der Waals surface area (Å²) in [4.78, 5) is 27.6. The van der Waals surface area contributed by atoms with Gasteiger partial charge in [0.1, 0.15) is 11.6 Å². The summed E-state index contributed by atoms with van der Waals surface area (Å²) in [6.07, 6.45) is 10.7. The van der Waals surface area contributed by atoms with Gasteiger partial charge >= 0.3 is 11.2 Å². The van der Waals surface area contributed by atoms with Crippen molar-refractivity contribution >= 4 is 17.8 Å². The minimum atomic E-state index is -1.03. The molecular weight excluding hydrogens is 386 g/mol. The lowest BCUT2D eigenvalue weighted by Crippen LogP contribution is -2.48. The van der Waals surface area contributed by atoms with E-state index in [4.69, 9.17) is 0 Å². The number of hydrogen-bond acceptors (Lipinski definition) is 6. The molecule has 8 heteroatoms. The highest BCUT2D eigenvalue weighted by Gasteiger charge is 2.51. The average Bonchev–Trinajstić information content (AvgIpc) is 2.65. The Labute approximate surface area is 172 Å². The first-order valence-corrected chi connectivity index (χ1v) is 10.3. The lowest BCUT2D eigenvalue weighted by atomic mass is 9.48. The van der Waals surface area contributed by atoms with E-state index in [1.807, 2.05) is 12.1 Å². The number of phenols is 1. The Morgan fingerprint density at radius 1 is 1.10 bits per heavy atom. The number of aromatic hydroxyl groups is 2.